The quantitative estimate of drug-likeness (QED) is 0.752. The lowest BCUT2D eigenvalue weighted by Gasteiger charge is -2.10. The van der Waals surface area contributed by atoms with Crippen molar-refractivity contribution in [2.24, 2.45) is 0 Å². The van der Waals surface area contributed by atoms with Gasteiger partial charge in [0.15, 0.2) is 5.76 Å². The van der Waals surface area contributed by atoms with Gasteiger partial charge in [0.1, 0.15) is 5.69 Å². The second-order valence-corrected chi connectivity index (χ2v) is 2.84. The number of hydrogen-bond acceptors (Lipinski definition) is 3. The zero-order valence-electron chi connectivity index (χ0n) is 8.00. The van der Waals surface area contributed by atoms with Crippen LogP contribution >= 0.6 is 0 Å². The van der Waals surface area contributed by atoms with Gasteiger partial charge in [-0.25, -0.2) is 4.79 Å². The molecule has 0 aliphatic carbocycles. The number of nitrogens with zero attached hydrogens (tertiary/aromatic N) is 2. The summed E-state index contributed by atoms with van der Waals surface area (Å²) in [6, 6.07) is -0.182. The molecule has 0 radical (unpaired) electrons. The van der Waals surface area contributed by atoms with E-state index in [1.54, 1.807) is 14.1 Å². The molecule has 5 heteroatoms. The summed E-state index contributed by atoms with van der Waals surface area (Å²) in [4.78, 5) is 12.7. The molecule has 5 nitrogen and oxygen atoms in total. The van der Waals surface area contributed by atoms with Gasteiger partial charge < -0.3 is 14.7 Å². The first-order valence-electron chi connectivity index (χ1n) is 4.07. The lowest BCUT2D eigenvalue weighted by atomic mass is 10.3. The summed E-state index contributed by atoms with van der Waals surface area (Å²) in [5, 5.41) is 6.27. The molecule has 0 aliphatic rings. The van der Waals surface area contributed by atoms with E-state index in [0.29, 0.717) is 17.9 Å². The second kappa shape index (κ2) is 3.93. The predicted octanol–water partition coefficient (Wildman–Crippen LogP) is 1.33. The van der Waals surface area contributed by atoms with E-state index in [-0.39, 0.29) is 6.03 Å². The van der Waals surface area contributed by atoms with E-state index >= 15 is 0 Å². The molecule has 0 bridgehead atoms. The molecule has 1 rings (SSSR count). The Labute approximate surface area is 76.7 Å². The maximum atomic E-state index is 11.2. The van der Waals surface area contributed by atoms with Gasteiger partial charge in [-0.1, -0.05) is 12.1 Å². The summed E-state index contributed by atoms with van der Waals surface area (Å²) in [5.74, 6) is 0.690. The largest absolute Gasteiger partial charge is 0.359 e. The van der Waals surface area contributed by atoms with Crippen LogP contribution in [-0.4, -0.2) is 30.2 Å². The lowest BCUT2D eigenvalue weighted by molar-refractivity contribution is 0.230. The van der Waals surface area contributed by atoms with Crippen molar-refractivity contribution >= 4 is 11.7 Å². The zero-order valence-corrected chi connectivity index (χ0v) is 8.00. The Kier molecular flexibility index (Phi) is 2.89. The van der Waals surface area contributed by atoms with E-state index in [1.807, 2.05) is 6.92 Å². The SMILES string of the molecule is CCc1oncc1NC(=O)N(C)C. The van der Waals surface area contributed by atoms with Gasteiger partial charge in [-0.3, -0.25) is 0 Å². The summed E-state index contributed by atoms with van der Waals surface area (Å²) in [6.45, 7) is 1.94. The van der Waals surface area contributed by atoms with Crippen molar-refractivity contribution in [1.29, 1.82) is 0 Å². The molecule has 0 aromatic carbocycles. The maximum Gasteiger partial charge on any atom is 0.321 e. The molecule has 1 aromatic heterocycles. The van der Waals surface area contributed by atoms with Crippen LogP contribution in [0.25, 0.3) is 0 Å². The van der Waals surface area contributed by atoms with Gasteiger partial charge in [-0.05, 0) is 0 Å². The van der Waals surface area contributed by atoms with Crippen molar-refractivity contribution in [3.05, 3.63) is 12.0 Å². The summed E-state index contributed by atoms with van der Waals surface area (Å²) >= 11 is 0. The second-order valence-electron chi connectivity index (χ2n) is 2.84. The highest BCUT2D eigenvalue weighted by Gasteiger charge is 2.10. The summed E-state index contributed by atoms with van der Waals surface area (Å²) in [7, 11) is 3.35. The summed E-state index contributed by atoms with van der Waals surface area (Å²) < 4.78 is 4.91. The number of amides is 2. The van der Waals surface area contributed by atoms with Gasteiger partial charge >= 0.3 is 6.03 Å². The molecule has 1 N–H and O–H groups in total. The van der Waals surface area contributed by atoms with Gasteiger partial charge in [-0.15, -0.1) is 0 Å². The Balaban J connectivity index is 2.68. The van der Waals surface area contributed by atoms with Crippen LogP contribution in [0.2, 0.25) is 0 Å². The highest BCUT2D eigenvalue weighted by molar-refractivity contribution is 5.89. The smallest absolute Gasteiger partial charge is 0.321 e. The van der Waals surface area contributed by atoms with Gasteiger partial charge in [-0.2, -0.15) is 0 Å². The predicted molar refractivity (Wildman–Crippen MR) is 48.6 cm³/mol. The monoisotopic (exact) mass is 183 g/mol. The Morgan fingerprint density at radius 2 is 2.38 bits per heavy atom. The molecule has 0 spiro atoms. The van der Waals surface area contributed by atoms with Gasteiger partial charge in [0.05, 0.1) is 6.20 Å². The van der Waals surface area contributed by atoms with Crippen LogP contribution in [0.4, 0.5) is 10.5 Å². The Morgan fingerprint density at radius 1 is 1.69 bits per heavy atom. The van der Waals surface area contributed by atoms with E-state index in [9.17, 15) is 4.79 Å². The fourth-order valence-corrected chi connectivity index (χ4v) is 0.848. The highest BCUT2D eigenvalue weighted by Crippen LogP contribution is 2.14. The summed E-state index contributed by atoms with van der Waals surface area (Å²) in [6.07, 6.45) is 2.21. The van der Waals surface area contributed by atoms with Crippen molar-refractivity contribution in [3.63, 3.8) is 0 Å². The van der Waals surface area contributed by atoms with Crippen LogP contribution in [-0.2, 0) is 6.42 Å². The van der Waals surface area contributed by atoms with Crippen LogP contribution < -0.4 is 5.32 Å². The fourth-order valence-electron chi connectivity index (χ4n) is 0.848. The van der Waals surface area contributed by atoms with Crippen LogP contribution in [0.1, 0.15) is 12.7 Å². The molecule has 2 amide bonds. The number of anilines is 1. The molecular weight excluding hydrogens is 170 g/mol. The van der Waals surface area contributed by atoms with Crippen molar-refractivity contribution < 1.29 is 9.32 Å². The normalized spacial score (nSPS) is 9.77. The molecule has 0 atom stereocenters. The van der Waals surface area contributed by atoms with Gasteiger partial charge in [0, 0.05) is 20.5 Å². The maximum absolute atomic E-state index is 11.2. The Hall–Kier alpha value is -1.52. The van der Waals surface area contributed by atoms with Gasteiger partial charge in [0.2, 0.25) is 0 Å². The average Bonchev–Trinajstić information content (AvgIpc) is 2.51. The van der Waals surface area contributed by atoms with E-state index < -0.39 is 0 Å². The molecular formula is C8H13N3O2. The molecule has 0 unspecified atom stereocenters. The van der Waals surface area contributed by atoms with Crippen LogP contribution in [0.15, 0.2) is 10.7 Å². The zero-order chi connectivity index (χ0) is 9.84. The first-order chi connectivity index (χ1) is 6.15. The topological polar surface area (TPSA) is 58.4 Å². The third kappa shape index (κ3) is 2.21. The van der Waals surface area contributed by atoms with Crippen molar-refractivity contribution in [1.82, 2.24) is 10.1 Å². The fraction of sp³-hybridized carbons (Fsp3) is 0.500. The van der Waals surface area contributed by atoms with Crippen molar-refractivity contribution in [2.75, 3.05) is 19.4 Å². The van der Waals surface area contributed by atoms with E-state index in [2.05, 4.69) is 10.5 Å². The van der Waals surface area contributed by atoms with Crippen LogP contribution in [0, 0.1) is 0 Å². The number of carbonyl (C=O) groups is 1. The number of hydrogen-bond donors (Lipinski definition) is 1. The number of urea groups is 1. The number of aromatic nitrogens is 1. The third-order valence-corrected chi connectivity index (χ3v) is 1.61. The molecule has 1 heterocycles. The molecule has 72 valence electrons. The van der Waals surface area contributed by atoms with E-state index in [4.69, 9.17) is 4.52 Å². The minimum absolute atomic E-state index is 0.182. The molecule has 0 saturated heterocycles. The summed E-state index contributed by atoms with van der Waals surface area (Å²) in [5.41, 5.74) is 0.640. The standard InChI is InChI=1S/C8H13N3O2/c1-4-7-6(5-9-13-7)10-8(12)11(2)3/h5H,4H2,1-3H3,(H,10,12). The number of rotatable bonds is 2. The van der Waals surface area contributed by atoms with Crippen molar-refractivity contribution in [2.45, 2.75) is 13.3 Å². The Bertz CT molecular complexity index is 293. The van der Waals surface area contributed by atoms with E-state index in [1.165, 1.54) is 11.1 Å². The molecule has 0 saturated carbocycles. The molecule has 1 aromatic rings. The minimum Gasteiger partial charge on any atom is -0.359 e. The molecule has 0 fully saturated rings. The average molecular weight is 183 g/mol. The van der Waals surface area contributed by atoms with E-state index in [0.717, 1.165) is 0 Å². The minimum atomic E-state index is -0.182. The number of carbonyl (C=O) groups excluding carboxylic acids is 1. The third-order valence-electron chi connectivity index (χ3n) is 1.61. The molecule has 0 aliphatic heterocycles. The highest BCUT2D eigenvalue weighted by atomic mass is 16.5. The molecule has 13 heavy (non-hydrogen) atoms. The van der Waals surface area contributed by atoms with Crippen LogP contribution in [0.3, 0.4) is 0 Å². The van der Waals surface area contributed by atoms with Gasteiger partial charge in [0.25, 0.3) is 0 Å². The number of aryl methyl sites for hydroxylation is 1. The van der Waals surface area contributed by atoms with Crippen molar-refractivity contribution in [3.8, 4) is 0 Å². The number of nitrogens with one attached hydrogen (secondary N) is 1. The first-order valence-corrected chi connectivity index (χ1v) is 4.07. The van der Waals surface area contributed by atoms with Crippen LogP contribution in [0.5, 0.6) is 0 Å². The Morgan fingerprint density at radius 3 is 2.92 bits per heavy atom. The first kappa shape index (κ1) is 9.57. The lowest BCUT2D eigenvalue weighted by Crippen LogP contribution is -2.27.